The van der Waals surface area contributed by atoms with Gasteiger partial charge in [-0.3, -0.25) is 4.98 Å². The van der Waals surface area contributed by atoms with E-state index in [4.69, 9.17) is 4.98 Å². The third-order valence-electron chi connectivity index (χ3n) is 6.62. The molecule has 0 aliphatic heterocycles. The molecule has 6 rings (SSSR count). The molecule has 0 spiro atoms. The van der Waals surface area contributed by atoms with Gasteiger partial charge < -0.3 is 9.97 Å². The normalized spacial score (nSPS) is 13.2. The van der Waals surface area contributed by atoms with E-state index >= 15 is 0 Å². The van der Waals surface area contributed by atoms with Crippen molar-refractivity contribution in [1.82, 2.24) is 15.0 Å². The second-order valence-corrected chi connectivity index (χ2v) is 9.82. The third-order valence-corrected chi connectivity index (χ3v) is 7.30. The van der Waals surface area contributed by atoms with E-state index in [0.29, 0.717) is 0 Å². The molecule has 0 amide bonds. The summed E-state index contributed by atoms with van der Waals surface area (Å²) in [5, 5.41) is 5.33. The van der Waals surface area contributed by atoms with Gasteiger partial charge >= 0.3 is 0 Å². The Morgan fingerprint density at radius 1 is 1.12 bits per heavy atom. The van der Waals surface area contributed by atoms with Crippen molar-refractivity contribution in [1.29, 1.82) is 0 Å². The van der Waals surface area contributed by atoms with Gasteiger partial charge in [0.15, 0.2) is 0 Å². The van der Waals surface area contributed by atoms with Crippen LogP contribution in [0.1, 0.15) is 47.8 Å². The maximum atomic E-state index is 14.5. The van der Waals surface area contributed by atoms with Crippen LogP contribution in [-0.4, -0.2) is 15.0 Å². The topological polar surface area (TPSA) is 44.5 Å². The predicted molar refractivity (Wildman–Crippen MR) is 136 cm³/mol. The van der Waals surface area contributed by atoms with E-state index in [2.05, 4.69) is 59.7 Å². The lowest BCUT2D eigenvalue weighted by molar-refractivity contribution is 0.630. The lowest BCUT2D eigenvalue weighted by atomic mass is 9.89. The van der Waals surface area contributed by atoms with Crippen molar-refractivity contribution in [2.75, 3.05) is 0 Å². The number of nitrogens with zero attached hydrogens (tertiary/aromatic N) is 1. The zero-order valence-corrected chi connectivity index (χ0v) is 19.6. The minimum Gasteiger partial charge on any atom is -0.361 e. The summed E-state index contributed by atoms with van der Waals surface area (Å²) in [7, 11) is 0. The van der Waals surface area contributed by atoms with E-state index in [9.17, 15) is 4.39 Å². The summed E-state index contributed by atoms with van der Waals surface area (Å²) in [6, 6.07) is 9.51. The lowest BCUT2D eigenvalue weighted by Crippen LogP contribution is -1.97. The average Bonchev–Trinajstić information content (AvgIpc) is 3.56. The van der Waals surface area contributed by atoms with Crippen molar-refractivity contribution in [3.8, 4) is 22.4 Å². The molecular formula is C28H24FN3S. The van der Waals surface area contributed by atoms with Crippen molar-refractivity contribution >= 4 is 33.9 Å². The summed E-state index contributed by atoms with van der Waals surface area (Å²) in [6.45, 7) is 6.53. The monoisotopic (exact) mass is 453 g/mol. The minimum absolute atomic E-state index is 0.239. The van der Waals surface area contributed by atoms with Gasteiger partial charge in [-0.2, -0.15) is 11.3 Å². The molecule has 0 radical (unpaired) electrons. The zero-order chi connectivity index (χ0) is 22.7. The van der Waals surface area contributed by atoms with Gasteiger partial charge in [0.25, 0.3) is 0 Å². The molecule has 4 aromatic heterocycles. The second-order valence-electron chi connectivity index (χ2n) is 9.04. The van der Waals surface area contributed by atoms with Gasteiger partial charge in [0.05, 0.1) is 11.4 Å². The molecule has 3 nitrogen and oxygen atoms in total. The van der Waals surface area contributed by atoms with Crippen molar-refractivity contribution in [3.63, 3.8) is 0 Å². The number of hydrogen-bond donors (Lipinski definition) is 2. The first-order chi connectivity index (χ1) is 16.0. The van der Waals surface area contributed by atoms with Crippen LogP contribution in [0.4, 0.5) is 4.39 Å². The third kappa shape index (κ3) is 3.18. The van der Waals surface area contributed by atoms with Crippen molar-refractivity contribution < 1.29 is 4.39 Å². The van der Waals surface area contributed by atoms with Crippen molar-refractivity contribution in [2.24, 2.45) is 0 Å². The Labute approximate surface area is 196 Å². The highest BCUT2D eigenvalue weighted by Crippen LogP contribution is 2.45. The molecule has 1 aromatic carbocycles. The number of thiophene rings is 1. The quantitative estimate of drug-likeness (QED) is 0.285. The Morgan fingerprint density at radius 3 is 2.79 bits per heavy atom. The second kappa shape index (κ2) is 7.56. The van der Waals surface area contributed by atoms with Gasteiger partial charge in [-0.15, -0.1) is 0 Å². The number of aryl methyl sites for hydroxylation is 1. The fourth-order valence-electron chi connectivity index (χ4n) is 5.19. The fraction of sp³-hybridized carbons (Fsp3) is 0.179. The molecule has 164 valence electrons. The first-order valence-electron chi connectivity index (χ1n) is 11.2. The Kier molecular flexibility index (Phi) is 4.63. The molecule has 5 aromatic rings. The maximum Gasteiger partial charge on any atom is 0.125 e. The van der Waals surface area contributed by atoms with Crippen molar-refractivity contribution in [2.45, 2.75) is 33.1 Å². The van der Waals surface area contributed by atoms with E-state index in [1.807, 2.05) is 18.5 Å². The molecule has 0 unspecified atom stereocenters. The van der Waals surface area contributed by atoms with E-state index in [1.165, 1.54) is 33.4 Å². The molecule has 5 heteroatoms. The van der Waals surface area contributed by atoms with E-state index in [0.717, 1.165) is 40.0 Å². The maximum absolute atomic E-state index is 14.5. The zero-order valence-electron chi connectivity index (χ0n) is 18.8. The number of benzene rings is 1. The van der Waals surface area contributed by atoms with E-state index in [-0.39, 0.29) is 11.7 Å². The Bertz CT molecular complexity index is 1530. The first kappa shape index (κ1) is 20.2. The van der Waals surface area contributed by atoms with Crippen LogP contribution < -0.4 is 0 Å². The molecule has 0 saturated carbocycles. The number of allylic oxidation sites excluding steroid dienone is 1. The number of hydrogen-bond acceptors (Lipinski definition) is 2. The average molecular weight is 454 g/mol. The molecule has 2 N–H and O–H groups in total. The predicted octanol–water partition coefficient (Wildman–Crippen LogP) is 7.95. The summed E-state index contributed by atoms with van der Waals surface area (Å²) in [4.78, 5) is 11.5. The highest BCUT2D eigenvalue weighted by atomic mass is 32.1. The minimum atomic E-state index is -0.239. The summed E-state index contributed by atoms with van der Waals surface area (Å²) >= 11 is 1.72. The Morgan fingerprint density at radius 2 is 2.00 bits per heavy atom. The highest BCUT2D eigenvalue weighted by Gasteiger charge is 2.26. The van der Waals surface area contributed by atoms with Crippen LogP contribution >= 0.6 is 11.3 Å². The Hall–Kier alpha value is -3.44. The molecule has 4 heterocycles. The van der Waals surface area contributed by atoms with Crippen LogP contribution in [0.5, 0.6) is 0 Å². The summed E-state index contributed by atoms with van der Waals surface area (Å²) in [6.07, 6.45) is 6.93. The standard InChI is InChI=1S/C28H24FN3S/c1-15(2)26-27(16(3)32-28(26)23-12-19(29)13-25-20(23)4-7-31-25)21-5-8-30-24-11-18(10-22(21)24)17-6-9-33-14-17/h4-10,12-15,31-32H,11H2,1-3H3. The summed E-state index contributed by atoms with van der Waals surface area (Å²) < 4.78 is 14.5. The van der Waals surface area contributed by atoms with Crippen LogP contribution in [0.15, 0.2) is 53.5 Å². The molecular weight excluding hydrogens is 429 g/mol. The number of rotatable bonds is 4. The van der Waals surface area contributed by atoms with Crippen LogP contribution in [0, 0.1) is 12.7 Å². The molecule has 1 aliphatic carbocycles. The molecule has 33 heavy (non-hydrogen) atoms. The van der Waals surface area contributed by atoms with Gasteiger partial charge in [0.2, 0.25) is 0 Å². The van der Waals surface area contributed by atoms with Crippen LogP contribution in [0.3, 0.4) is 0 Å². The Balaban J connectivity index is 1.59. The number of H-pyrrole nitrogens is 2. The lowest BCUT2D eigenvalue weighted by Gasteiger charge is -2.15. The highest BCUT2D eigenvalue weighted by molar-refractivity contribution is 7.08. The largest absolute Gasteiger partial charge is 0.361 e. The van der Waals surface area contributed by atoms with E-state index < -0.39 is 0 Å². The van der Waals surface area contributed by atoms with Crippen LogP contribution in [-0.2, 0) is 6.42 Å². The molecule has 1 aliphatic rings. The van der Waals surface area contributed by atoms with Gasteiger partial charge in [-0.1, -0.05) is 13.8 Å². The summed E-state index contributed by atoms with van der Waals surface area (Å²) in [5.74, 6) is 0.0133. The van der Waals surface area contributed by atoms with Gasteiger partial charge in [0.1, 0.15) is 5.82 Å². The van der Waals surface area contributed by atoms with Crippen molar-refractivity contribution in [3.05, 3.63) is 87.4 Å². The molecule has 0 saturated heterocycles. The van der Waals surface area contributed by atoms with Crippen LogP contribution in [0.25, 0.3) is 44.9 Å². The molecule has 0 fully saturated rings. The van der Waals surface area contributed by atoms with E-state index in [1.54, 1.807) is 23.5 Å². The first-order valence-corrected chi connectivity index (χ1v) is 12.2. The molecule has 0 atom stereocenters. The number of pyridine rings is 1. The van der Waals surface area contributed by atoms with Gasteiger partial charge in [0, 0.05) is 52.1 Å². The fourth-order valence-corrected chi connectivity index (χ4v) is 5.87. The smallest absolute Gasteiger partial charge is 0.125 e. The summed E-state index contributed by atoms with van der Waals surface area (Å²) in [5.41, 5.74) is 12.3. The number of halogens is 1. The van der Waals surface area contributed by atoms with Gasteiger partial charge in [-0.05, 0) is 82.3 Å². The SMILES string of the molecule is Cc1[nH]c(-c2cc(F)cc3[nH]ccc23)c(C(C)C)c1-c1ccnc2c1C=C(c1ccsc1)C2. The number of aromatic nitrogens is 3. The van der Waals surface area contributed by atoms with Crippen LogP contribution in [0.2, 0.25) is 0 Å². The van der Waals surface area contributed by atoms with Gasteiger partial charge in [-0.25, -0.2) is 4.39 Å². The number of nitrogens with one attached hydrogen (secondary N) is 2. The number of fused-ring (bicyclic) bond motifs is 2. The molecule has 0 bridgehead atoms. The number of aromatic amines is 2.